The maximum absolute atomic E-state index is 7.69. The van der Waals surface area contributed by atoms with E-state index in [0.29, 0.717) is 66.5 Å². The van der Waals surface area contributed by atoms with Crippen molar-refractivity contribution in [3.8, 4) is 23.0 Å². The molecule has 0 saturated heterocycles. The second-order valence-electron chi connectivity index (χ2n) is 24.0. The van der Waals surface area contributed by atoms with E-state index in [1.54, 1.807) is 0 Å². The highest BCUT2D eigenvalue weighted by atomic mass is 28.4. The van der Waals surface area contributed by atoms with E-state index in [2.05, 4.69) is 215 Å². The van der Waals surface area contributed by atoms with Crippen molar-refractivity contribution in [3.05, 3.63) is 58.7 Å². The highest BCUT2D eigenvalue weighted by molar-refractivity contribution is 6.80. The zero-order valence-electron chi connectivity index (χ0n) is 45.7. The zero-order chi connectivity index (χ0) is 48.6. The molecule has 64 heavy (non-hydrogen) atoms. The molecule has 362 valence electrons. The van der Waals surface area contributed by atoms with Crippen molar-refractivity contribution < 1.29 is 17.7 Å². The monoisotopic (exact) mass is 947 g/mol. The van der Waals surface area contributed by atoms with Crippen LogP contribution in [0, 0.1) is 0 Å². The third kappa shape index (κ3) is 9.66. The maximum atomic E-state index is 7.69. The van der Waals surface area contributed by atoms with Crippen LogP contribution in [0.1, 0.15) is 213 Å². The lowest BCUT2D eigenvalue weighted by atomic mass is 9.88. The third-order valence-corrected chi connectivity index (χ3v) is 40.9. The molecule has 0 amide bonds. The van der Waals surface area contributed by atoms with Crippen LogP contribution in [0.3, 0.4) is 0 Å². The predicted molar refractivity (Wildman–Crippen MR) is 292 cm³/mol. The zero-order valence-corrected chi connectivity index (χ0v) is 49.7. The van der Waals surface area contributed by atoms with Crippen molar-refractivity contribution in [2.45, 2.75) is 257 Å². The fraction of sp³-hybridized carbons (Fsp3) is 0.714. The molecule has 2 aliphatic rings. The summed E-state index contributed by atoms with van der Waals surface area (Å²) in [5.74, 6) is 4.74. The number of hydrogen-bond acceptors (Lipinski definition) is 4. The minimum Gasteiger partial charge on any atom is -0.542 e. The van der Waals surface area contributed by atoms with Crippen LogP contribution in [-0.2, 0) is 0 Å². The SMILES string of the molecule is CC(C)[Si](Oc1ccc(O[Si](C(C)C)(C(C)C)C(C)C)c2c1C=CC2CCC1C=Cc2c(O[Si](C(C)C)(C(C)C)C(C)C)ccc(O[Si](C(C)C)(C(C)C)C(C)C)c21)(C(C)C)C(C)C. The summed E-state index contributed by atoms with van der Waals surface area (Å²) in [5.41, 5.74) is 11.0. The standard InChI is InChI=1S/C56H98O4Si4/c1-35(2)61(36(3)4,37(5)6)57-51-31-33-53(59-63(41(13)14,42(15)16)43(17)18)55-47(27-29-49(51)55)25-26-48-28-30-50-52(58-62(38(7)8,39(9)10)40(11)12)32-34-54(56(48)50)60-64(44(19)20,45(21)22)46(23)24/h27-48H,25-26H2,1-24H3. The summed E-state index contributed by atoms with van der Waals surface area (Å²) in [6.45, 7) is 57.6. The lowest BCUT2D eigenvalue weighted by Crippen LogP contribution is -2.51. The Bertz CT molecular complexity index is 1690. The van der Waals surface area contributed by atoms with Gasteiger partial charge in [0.1, 0.15) is 23.0 Å². The normalized spacial score (nSPS) is 17.2. The topological polar surface area (TPSA) is 36.9 Å². The molecule has 2 unspecified atom stereocenters. The first-order chi connectivity index (χ1) is 29.6. The Morgan fingerprint density at radius 1 is 0.312 bits per heavy atom. The average Bonchev–Trinajstić information content (AvgIpc) is 3.81. The molecule has 0 spiro atoms. The van der Waals surface area contributed by atoms with Gasteiger partial charge in [-0.15, -0.1) is 0 Å². The summed E-state index contributed by atoms with van der Waals surface area (Å²) in [6, 6.07) is 9.18. The van der Waals surface area contributed by atoms with Gasteiger partial charge in [0.05, 0.1) is 0 Å². The Balaban J connectivity index is 1.92. The van der Waals surface area contributed by atoms with Gasteiger partial charge in [-0.1, -0.05) is 190 Å². The molecule has 2 aliphatic carbocycles. The van der Waals surface area contributed by atoms with Crippen molar-refractivity contribution >= 4 is 45.4 Å². The largest absolute Gasteiger partial charge is 0.542 e. The van der Waals surface area contributed by atoms with Gasteiger partial charge < -0.3 is 17.7 Å². The second kappa shape index (κ2) is 21.1. The molecular formula is C56H98O4Si4. The minimum atomic E-state index is -2.26. The number of rotatable bonds is 23. The molecule has 0 N–H and O–H groups in total. The molecule has 0 heterocycles. The molecule has 0 fully saturated rings. The number of fused-ring (bicyclic) bond motifs is 2. The molecule has 0 aliphatic heterocycles. The van der Waals surface area contributed by atoms with Gasteiger partial charge in [-0.3, -0.25) is 0 Å². The summed E-state index contributed by atoms with van der Waals surface area (Å²) < 4.78 is 30.5. The second-order valence-corrected chi connectivity index (χ2v) is 45.5. The van der Waals surface area contributed by atoms with Gasteiger partial charge >= 0.3 is 0 Å². The highest BCUT2D eigenvalue weighted by Crippen LogP contribution is 2.55. The van der Waals surface area contributed by atoms with Gasteiger partial charge in [0.2, 0.25) is 0 Å². The Morgan fingerprint density at radius 2 is 0.500 bits per heavy atom. The Hall–Kier alpha value is -2.01. The van der Waals surface area contributed by atoms with E-state index in [4.69, 9.17) is 17.7 Å². The van der Waals surface area contributed by atoms with Gasteiger partial charge in [-0.25, -0.2) is 0 Å². The van der Waals surface area contributed by atoms with Crippen LogP contribution in [0.4, 0.5) is 0 Å². The fourth-order valence-corrected chi connectivity index (χ4v) is 35.4. The molecule has 8 heteroatoms. The van der Waals surface area contributed by atoms with Crippen molar-refractivity contribution in [2.24, 2.45) is 0 Å². The van der Waals surface area contributed by atoms with E-state index in [-0.39, 0.29) is 11.8 Å². The van der Waals surface area contributed by atoms with Gasteiger partial charge in [0.15, 0.2) is 0 Å². The van der Waals surface area contributed by atoms with Gasteiger partial charge in [-0.05, 0) is 104 Å². The van der Waals surface area contributed by atoms with E-state index in [9.17, 15) is 0 Å². The number of benzene rings is 2. The molecule has 2 atom stereocenters. The van der Waals surface area contributed by atoms with Crippen molar-refractivity contribution in [1.82, 2.24) is 0 Å². The van der Waals surface area contributed by atoms with Crippen LogP contribution in [-0.4, -0.2) is 33.3 Å². The lowest BCUT2D eigenvalue weighted by molar-refractivity contribution is 0.458. The summed E-state index contributed by atoms with van der Waals surface area (Å²) >= 11 is 0. The Labute approximate surface area is 400 Å². The summed E-state index contributed by atoms with van der Waals surface area (Å²) in [7, 11) is -8.96. The Morgan fingerprint density at radius 3 is 0.703 bits per heavy atom. The molecular weight excluding hydrogens is 849 g/mol. The van der Waals surface area contributed by atoms with E-state index in [1.165, 1.54) is 22.3 Å². The smallest absolute Gasteiger partial charge is 0.258 e. The fourth-order valence-electron chi connectivity index (χ4n) is 14.3. The minimum absolute atomic E-state index is 0.222. The molecule has 2 aromatic rings. The Kier molecular flexibility index (Phi) is 18.0. The molecule has 2 aromatic carbocycles. The van der Waals surface area contributed by atoms with Gasteiger partial charge in [0, 0.05) is 34.1 Å². The van der Waals surface area contributed by atoms with Crippen LogP contribution in [0.5, 0.6) is 23.0 Å². The van der Waals surface area contributed by atoms with Crippen LogP contribution >= 0.6 is 0 Å². The third-order valence-electron chi connectivity index (χ3n) is 16.9. The summed E-state index contributed by atoms with van der Waals surface area (Å²) in [4.78, 5) is 0. The lowest BCUT2D eigenvalue weighted by Gasteiger charge is -2.44. The molecule has 0 bridgehead atoms. The summed E-state index contributed by atoms with van der Waals surface area (Å²) in [6.07, 6.45) is 11.8. The highest BCUT2D eigenvalue weighted by Gasteiger charge is 2.52. The van der Waals surface area contributed by atoms with E-state index < -0.39 is 33.3 Å². The summed E-state index contributed by atoms with van der Waals surface area (Å²) in [5, 5.41) is 0. The molecule has 0 radical (unpaired) electrons. The molecule has 0 aromatic heterocycles. The first-order valence-electron chi connectivity index (χ1n) is 26.1. The first-order valence-corrected chi connectivity index (χ1v) is 34.6. The van der Waals surface area contributed by atoms with E-state index >= 15 is 0 Å². The quantitative estimate of drug-likeness (QED) is 0.104. The van der Waals surface area contributed by atoms with Crippen molar-refractivity contribution in [1.29, 1.82) is 0 Å². The number of hydrogen-bond donors (Lipinski definition) is 0. The maximum Gasteiger partial charge on any atom is 0.258 e. The van der Waals surface area contributed by atoms with Crippen LogP contribution in [0.25, 0.3) is 12.2 Å². The van der Waals surface area contributed by atoms with Crippen LogP contribution < -0.4 is 17.7 Å². The predicted octanol–water partition coefficient (Wildman–Crippen LogP) is 19.6. The van der Waals surface area contributed by atoms with Crippen molar-refractivity contribution in [2.75, 3.05) is 0 Å². The van der Waals surface area contributed by atoms with E-state index in [0.717, 1.165) is 35.8 Å². The van der Waals surface area contributed by atoms with Crippen LogP contribution in [0.15, 0.2) is 36.4 Å². The number of allylic oxidation sites excluding steroid dienone is 2. The van der Waals surface area contributed by atoms with Crippen LogP contribution in [0.2, 0.25) is 66.5 Å². The van der Waals surface area contributed by atoms with Gasteiger partial charge in [0.25, 0.3) is 33.3 Å². The molecule has 4 rings (SSSR count). The molecule has 0 saturated carbocycles. The van der Waals surface area contributed by atoms with E-state index in [1.807, 2.05) is 0 Å². The average molecular weight is 948 g/mol. The molecule has 4 nitrogen and oxygen atoms in total. The first kappa shape index (κ1) is 54.6. The van der Waals surface area contributed by atoms with Gasteiger partial charge in [-0.2, -0.15) is 0 Å². The van der Waals surface area contributed by atoms with Crippen molar-refractivity contribution in [3.63, 3.8) is 0 Å².